The number of amides is 1. The van der Waals surface area contributed by atoms with Crippen LogP contribution in [0.1, 0.15) is 27.5 Å². The predicted octanol–water partition coefficient (Wildman–Crippen LogP) is 4.30. The van der Waals surface area contributed by atoms with Crippen molar-refractivity contribution in [2.24, 2.45) is 0 Å². The van der Waals surface area contributed by atoms with Crippen LogP contribution >= 0.6 is 15.9 Å². The lowest BCUT2D eigenvalue weighted by Crippen LogP contribution is -2.19. The van der Waals surface area contributed by atoms with E-state index in [1.807, 2.05) is 36.4 Å². The monoisotopic (exact) mass is 439 g/mol. The van der Waals surface area contributed by atoms with Crippen LogP contribution in [0.2, 0.25) is 0 Å². The standard InChI is InChI=1S/C20H14BrN3O4/c21-17-18(22-9-16(23-17)19(25)26)24-20(27)28-10-15-13-7-3-1-5-11(13)12-6-2-4-8-14(12)15/h1-9,15H,10H2,(H,25,26)(H,22,24,27). The maximum absolute atomic E-state index is 12.2. The van der Waals surface area contributed by atoms with Crippen LogP contribution in [0.25, 0.3) is 11.1 Å². The molecule has 140 valence electrons. The van der Waals surface area contributed by atoms with Crippen LogP contribution in [0.4, 0.5) is 10.6 Å². The highest BCUT2D eigenvalue weighted by atomic mass is 79.9. The molecule has 0 saturated carbocycles. The summed E-state index contributed by atoms with van der Waals surface area (Å²) < 4.78 is 5.53. The molecule has 28 heavy (non-hydrogen) atoms. The summed E-state index contributed by atoms with van der Waals surface area (Å²) >= 11 is 3.10. The van der Waals surface area contributed by atoms with Gasteiger partial charge < -0.3 is 9.84 Å². The summed E-state index contributed by atoms with van der Waals surface area (Å²) in [5.74, 6) is -1.18. The molecule has 3 aromatic rings. The van der Waals surface area contributed by atoms with Crippen LogP contribution in [-0.2, 0) is 4.74 Å². The number of aromatic carboxylic acids is 1. The molecule has 8 heteroatoms. The Balaban J connectivity index is 1.48. The lowest BCUT2D eigenvalue weighted by Gasteiger charge is -2.14. The van der Waals surface area contributed by atoms with Crippen LogP contribution in [0, 0.1) is 0 Å². The highest BCUT2D eigenvalue weighted by Gasteiger charge is 2.29. The number of hydrogen-bond donors (Lipinski definition) is 2. The number of nitrogens with one attached hydrogen (secondary N) is 1. The summed E-state index contributed by atoms with van der Waals surface area (Å²) in [4.78, 5) is 30.8. The Labute approximate surface area is 168 Å². The topological polar surface area (TPSA) is 101 Å². The van der Waals surface area contributed by atoms with Crippen LogP contribution < -0.4 is 5.32 Å². The van der Waals surface area contributed by atoms with Gasteiger partial charge in [0.1, 0.15) is 11.2 Å². The quantitative estimate of drug-likeness (QED) is 0.628. The summed E-state index contributed by atoms with van der Waals surface area (Å²) in [7, 11) is 0. The second kappa shape index (κ2) is 7.40. The van der Waals surface area contributed by atoms with Crippen molar-refractivity contribution in [2.75, 3.05) is 11.9 Å². The average Bonchev–Trinajstić information content (AvgIpc) is 3.02. The van der Waals surface area contributed by atoms with E-state index in [9.17, 15) is 9.59 Å². The van der Waals surface area contributed by atoms with Crippen molar-refractivity contribution in [1.29, 1.82) is 0 Å². The number of fused-ring (bicyclic) bond motifs is 3. The smallest absolute Gasteiger partial charge is 0.412 e. The lowest BCUT2D eigenvalue weighted by molar-refractivity contribution is 0.0689. The molecule has 1 aliphatic carbocycles. The van der Waals surface area contributed by atoms with E-state index in [0.717, 1.165) is 28.5 Å². The van der Waals surface area contributed by atoms with Crippen LogP contribution in [-0.4, -0.2) is 33.7 Å². The second-order valence-corrected chi connectivity index (χ2v) is 6.90. The first kappa shape index (κ1) is 18.1. The number of benzene rings is 2. The average molecular weight is 440 g/mol. The third kappa shape index (κ3) is 3.34. The maximum atomic E-state index is 12.2. The molecule has 0 bridgehead atoms. The van der Waals surface area contributed by atoms with Gasteiger partial charge in [-0.3, -0.25) is 5.32 Å². The van der Waals surface area contributed by atoms with Gasteiger partial charge in [-0.05, 0) is 38.2 Å². The third-order valence-electron chi connectivity index (χ3n) is 4.51. The number of carbonyl (C=O) groups is 2. The van der Waals surface area contributed by atoms with E-state index >= 15 is 0 Å². The fraction of sp³-hybridized carbons (Fsp3) is 0.100. The molecule has 7 nitrogen and oxygen atoms in total. The van der Waals surface area contributed by atoms with E-state index in [-0.39, 0.29) is 28.6 Å². The molecule has 0 unspecified atom stereocenters. The van der Waals surface area contributed by atoms with Crippen molar-refractivity contribution in [1.82, 2.24) is 9.97 Å². The van der Waals surface area contributed by atoms with Gasteiger partial charge in [-0.2, -0.15) is 0 Å². The summed E-state index contributed by atoms with van der Waals surface area (Å²) in [6.45, 7) is 0.165. The molecule has 2 aromatic carbocycles. The zero-order valence-electron chi connectivity index (χ0n) is 14.4. The van der Waals surface area contributed by atoms with E-state index in [1.54, 1.807) is 0 Å². The number of hydrogen-bond acceptors (Lipinski definition) is 5. The minimum atomic E-state index is -1.21. The van der Waals surface area contributed by atoms with E-state index in [0.29, 0.717) is 0 Å². The number of carboxylic acids is 1. The molecule has 4 rings (SSSR count). The van der Waals surface area contributed by atoms with Crippen LogP contribution in [0.15, 0.2) is 59.3 Å². The molecule has 0 radical (unpaired) electrons. The molecule has 1 aromatic heterocycles. The molecule has 1 amide bonds. The first-order valence-corrected chi connectivity index (χ1v) is 9.21. The highest BCUT2D eigenvalue weighted by Crippen LogP contribution is 2.44. The van der Waals surface area contributed by atoms with Crippen LogP contribution in [0.3, 0.4) is 0 Å². The Morgan fingerprint density at radius 1 is 1.07 bits per heavy atom. The normalized spacial score (nSPS) is 12.2. The van der Waals surface area contributed by atoms with E-state index < -0.39 is 12.1 Å². The molecule has 0 atom stereocenters. The number of ether oxygens (including phenoxy) is 1. The number of carbonyl (C=O) groups excluding carboxylic acids is 1. The molecule has 2 N–H and O–H groups in total. The zero-order valence-corrected chi connectivity index (χ0v) is 16.0. The van der Waals surface area contributed by atoms with Gasteiger partial charge in [0, 0.05) is 5.92 Å². The Kier molecular flexibility index (Phi) is 4.79. The van der Waals surface area contributed by atoms with Gasteiger partial charge >= 0.3 is 12.1 Å². The molecule has 1 aliphatic rings. The number of aromatic nitrogens is 2. The van der Waals surface area contributed by atoms with Crippen molar-refractivity contribution in [3.05, 3.63) is 76.2 Å². The third-order valence-corrected chi connectivity index (χ3v) is 5.07. The van der Waals surface area contributed by atoms with Gasteiger partial charge in [-0.1, -0.05) is 48.5 Å². The first-order valence-electron chi connectivity index (χ1n) is 8.42. The maximum Gasteiger partial charge on any atom is 0.412 e. The Bertz CT molecular complexity index is 1040. The van der Waals surface area contributed by atoms with Gasteiger partial charge in [0.25, 0.3) is 0 Å². The van der Waals surface area contributed by atoms with E-state index in [1.165, 1.54) is 0 Å². The Morgan fingerprint density at radius 3 is 2.25 bits per heavy atom. The first-order chi connectivity index (χ1) is 13.5. The fourth-order valence-corrected chi connectivity index (χ4v) is 3.68. The molecule has 0 saturated heterocycles. The van der Waals surface area contributed by atoms with E-state index in [4.69, 9.17) is 9.84 Å². The molecular weight excluding hydrogens is 426 g/mol. The number of rotatable bonds is 4. The summed E-state index contributed by atoms with van der Waals surface area (Å²) in [6, 6.07) is 16.1. The van der Waals surface area contributed by atoms with Gasteiger partial charge in [0.05, 0.1) is 6.20 Å². The number of carboxylic acid groups (broad SMARTS) is 1. The van der Waals surface area contributed by atoms with Crippen molar-refractivity contribution in [3.63, 3.8) is 0 Å². The lowest BCUT2D eigenvalue weighted by atomic mass is 9.98. The predicted molar refractivity (Wildman–Crippen MR) is 105 cm³/mol. The molecule has 1 heterocycles. The molecular formula is C20H14BrN3O4. The highest BCUT2D eigenvalue weighted by molar-refractivity contribution is 9.10. The number of halogens is 1. The van der Waals surface area contributed by atoms with Gasteiger partial charge in [-0.15, -0.1) is 0 Å². The largest absolute Gasteiger partial charge is 0.476 e. The summed E-state index contributed by atoms with van der Waals surface area (Å²) in [5, 5.41) is 11.4. The SMILES string of the molecule is O=C(Nc1ncc(C(=O)O)nc1Br)OCC1c2ccccc2-c2ccccc21. The molecule has 0 aliphatic heterocycles. The number of anilines is 1. The summed E-state index contributed by atoms with van der Waals surface area (Å²) in [5.41, 5.74) is 4.28. The Morgan fingerprint density at radius 2 is 1.68 bits per heavy atom. The van der Waals surface area contributed by atoms with Crippen molar-refractivity contribution < 1.29 is 19.4 Å². The minimum absolute atomic E-state index is 0.0536. The molecule has 0 spiro atoms. The summed E-state index contributed by atoms with van der Waals surface area (Å²) in [6.07, 6.45) is 0.367. The van der Waals surface area contributed by atoms with Crippen LogP contribution in [0.5, 0.6) is 0 Å². The van der Waals surface area contributed by atoms with E-state index in [2.05, 4.69) is 43.3 Å². The Hall–Kier alpha value is -3.26. The van der Waals surface area contributed by atoms with Gasteiger partial charge in [-0.25, -0.2) is 19.6 Å². The van der Waals surface area contributed by atoms with Gasteiger partial charge in [0.2, 0.25) is 0 Å². The zero-order chi connectivity index (χ0) is 19.7. The second-order valence-electron chi connectivity index (χ2n) is 6.15. The van der Waals surface area contributed by atoms with Gasteiger partial charge in [0.15, 0.2) is 11.5 Å². The van der Waals surface area contributed by atoms with Crippen molar-refractivity contribution >= 4 is 33.8 Å². The van der Waals surface area contributed by atoms with Crippen molar-refractivity contribution in [3.8, 4) is 11.1 Å². The van der Waals surface area contributed by atoms with Crippen molar-refractivity contribution in [2.45, 2.75) is 5.92 Å². The number of nitrogens with zero attached hydrogens (tertiary/aromatic N) is 2. The minimum Gasteiger partial charge on any atom is -0.476 e. The molecule has 0 fully saturated rings. The fourth-order valence-electron chi connectivity index (χ4n) is 3.28.